The summed E-state index contributed by atoms with van der Waals surface area (Å²) in [5, 5.41) is 14.5. The van der Waals surface area contributed by atoms with Crippen LogP contribution < -0.4 is 10.6 Å². The molecule has 2 saturated carbocycles. The molecule has 0 spiro atoms. The third-order valence-electron chi connectivity index (χ3n) is 12.1. The molecule has 8 atom stereocenters. The van der Waals surface area contributed by atoms with E-state index in [1.165, 1.54) is 7.11 Å². The van der Waals surface area contributed by atoms with Crippen LogP contribution in [-0.4, -0.2) is 90.1 Å². The summed E-state index contributed by atoms with van der Waals surface area (Å²) < 4.78 is 4.78. The highest BCUT2D eigenvalue weighted by molar-refractivity contribution is 5.88. The second-order valence-electron chi connectivity index (χ2n) is 16.6. The fourth-order valence-corrected chi connectivity index (χ4v) is 8.75. The zero-order chi connectivity index (χ0) is 40.1. The Morgan fingerprint density at radius 1 is 0.702 bits per heavy atom. The van der Waals surface area contributed by atoms with Gasteiger partial charge in [0.25, 0.3) is 0 Å². The highest BCUT2D eigenvalue weighted by Gasteiger charge is 2.57. The number of ether oxygens (including phenoxy) is 1. The summed E-state index contributed by atoms with van der Waals surface area (Å²) in [7, 11) is 1.30. The number of alkyl carbamates (subject to hydrolysis) is 1. The first-order valence-corrected chi connectivity index (χ1v) is 19.9. The Bertz CT molecular complexity index is 2170. The molecule has 0 bridgehead atoms. The molecule has 298 valence electrons. The van der Waals surface area contributed by atoms with Crippen LogP contribution in [0.25, 0.3) is 34.7 Å². The molecular formula is C43H50N8O6. The van der Waals surface area contributed by atoms with Gasteiger partial charge in [0.1, 0.15) is 23.7 Å². The number of H-pyrrole nitrogens is 2. The molecule has 2 aromatic heterocycles. The number of benzene rings is 2. The topological polar surface area (TPSA) is 186 Å². The summed E-state index contributed by atoms with van der Waals surface area (Å²) in [6.07, 6.45) is 9.51. The van der Waals surface area contributed by atoms with Crippen LogP contribution in [0.2, 0.25) is 0 Å². The summed E-state index contributed by atoms with van der Waals surface area (Å²) >= 11 is 0. The number of aromatic amines is 2. The van der Waals surface area contributed by atoms with Gasteiger partial charge in [-0.05, 0) is 71.6 Å². The van der Waals surface area contributed by atoms with E-state index in [1.807, 2.05) is 80.1 Å². The molecule has 2 aliphatic carbocycles. The van der Waals surface area contributed by atoms with E-state index >= 15 is 0 Å². The zero-order valence-corrected chi connectivity index (χ0v) is 32.8. The van der Waals surface area contributed by atoms with Crippen molar-refractivity contribution in [1.29, 1.82) is 0 Å². The molecule has 4 fully saturated rings. The molecule has 5 N–H and O–H groups in total. The third kappa shape index (κ3) is 7.64. The number of aromatic nitrogens is 4. The van der Waals surface area contributed by atoms with Crippen LogP contribution in [0.3, 0.4) is 0 Å². The van der Waals surface area contributed by atoms with E-state index in [2.05, 4.69) is 49.9 Å². The third-order valence-corrected chi connectivity index (χ3v) is 12.1. The number of imidazole rings is 2. The summed E-state index contributed by atoms with van der Waals surface area (Å²) in [5.74, 6) is 1.78. The highest BCUT2D eigenvalue weighted by atomic mass is 16.5. The number of hydrogen-bond donors (Lipinski definition) is 5. The van der Waals surface area contributed by atoms with E-state index in [9.17, 15) is 24.3 Å². The van der Waals surface area contributed by atoms with Crippen molar-refractivity contribution in [3.05, 3.63) is 83.7 Å². The number of likely N-dealkylation sites (tertiary alicyclic amines) is 2. The second kappa shape index (κ2) is 15.2. The Balaban J connectivity index is 0.896. The Kier molecular flexibility index (Phi) is 10.1. The molecule has 14 nitrogen and oxygen atoms in total. The molecule has 2 aromatic carbocycles. The van der Waals surface area contributed by atoms with Gasteiger partial charge in [0.05, 0.1) is 43.0 Å². The number of nitrogens with one attached hydrogen (secondary N) is 4. The largest absolute Gasteiger partial charge is 0.465 e. The van der Waals surface area contributed by atoms with Crippen molar-refractivity contribution in [2.75, 3.05) is 7.11 Å². The molecule has 4 amide bonds. The molecule has 4 heterocycles. The monoisotopic (exact) mass is 774 g/mol. The molecule has 2 aliphatic heterocycles. The van der Waals surface area contributed by atoms with Gasteiger partial charge in [-0.25, -0.2) is 19.6 Å². The summed E-state index contributed by atoms with van der Waals surface area (Å²) in [5.41, 5.74) is 5.77. The predicted octanol–water partition coefficient (Wildman–Crippen LogP) is 6.63. The zero-order valence-electron chi connectivity index (χ0n) is 32.8. The van der Waals surface area contributed by atoms with Crippen LogP contribution in [0.15, 0.2) is 60.9 Å². The van der Waals surface area contributed by atoms with Gasteiger partial charge in [-0.15, -0.1) is 0 Å². The van der Waals surface area contributed by atoms with Gasteiger partial charge >= 0.3 is 12.2 Å². The molecule has 4 aliphatic rings. The van der Waals surface area contributed by atoms with Crippen molar-refractivity contribution in [1.82, 2.24) is 40.4 Å². The number of carbonyl (C=O) groups is 4. The number of fused-ring (bicyclic) bond motifs is 2. The normalized spacial score (nSPS) is 24.3. The van der Waals surface area contributed by atoms with Gasteiger partial charge < -0.3 is 40.2 Å². The van der Waals surface area contributed by atoms with Crippen molar-refractivity contribution in [2.24, 2.45) is 23.7 Å². The molecule has 57 heavy (non-hydrogen) atoms. The second-order valence-corrected chi connectivity index (χ2v) is 16.6. The molecule has 0 radical (unpaired) electrons. The van der Waals surface area contributed by atoms with Crippen LogP contribution in [-0.2, 0) is 14.3 Å². The lowest BCUT2D eigenvalue weighted by Crippen LogP contribution is -2.52. The summed E-state index contributed by atoms with van der Waals surface area (Å²) in [6, 6.07) is 14.8. The lowest BCUT2D eigenvalue weighted by molar-refractivity contribution is -0.137. The van der Waals surface area contributed by atoms with E-state index in [0.717, 1.165) is 71.0 Å². The van der Waals surface area contributed by atoms with Gasteiger partial charge in [-0.1, -0.05) is 88.4 Å². The van der Waals surface area contributed by atoms with E-state index in [4.69, 9.17) is 9.72 Å². The van der Waals surface area contributed by atoms with Crippen LogP contribution in [0.5, 0.6) is 0 Å². The predicted molar refractivity (Wildman–Crippen MR) is 213 cm³/mol. The molecule has 14 heteroatoms. The number of carboxylic acid groups (broad SMARTS) is 1. The number of nitrogens with zero attached hydrogens (tertiary/aromatic N) is 4. The average Bonchev–Trinajstić information content (AvgIpc) is 3.78. The minimum Gasteiger partial charge on any atom is -0.465 e. The quantitative estimate of drug-likeness (QED) is 0.0993. The number of carbonyl (C=O) groups excluding carboxylic acids is 3. The SMILES string of the molecule is COC(=O)N[C@H](C(=O)N1[C@@H]2C[C@H]2C[C@H]1c1ncc(-c2ccc(C=Cc3ccc(-c4cnc([C@@H]5C[C@H]6C[C@H]6N5C(=O)[C@@H](NC(=O)O)C(C)C)[nH]4)cc3)cc2)[nH]1)C(C)C. The van der Waals surface area contributed by atoms with Crippen molar-refractivity contribution in [2.45, 2.75) is 89.6 Å². The smallest absolute Gasteiger partial charge is 0.407 e. The van der Waals surface area contributed by atoms with Gasteiger partial charge in [-0.3, -0.25) is 9.59 Å². The Morgan fingerprint density at radius 2 is 1.12 bits per heavy atom. The maximum Gasteiger partial charge on any atom is 0.407 e. The standard InChI is InChI=1S/C43H50N8O6/c1-22(2)36(48-42(54)55)40(52)50-32-16-28(32)18-34(50)38-44-20-30(46-38)26-12-8-24(9-13-26)6-7-25-10-14-27(15-11-25)31-21-45-39(47-31)35-19-29-17-33(29)51(35)41(53)37(23(3)4)49-43(56)57-5/h6-15,20-23,28-29,32-37,48H,16-19H2,1-5H3,(H,44,46)(H,45,47)(H,49,56)(H,54,55)/t28-,29+,32-,33-,34+,35+,36+,37+/m1/s1. The van der Waals surface area contributed by atoms with Crippen LogP contribution in [0.1, 0.15) is 88.2 Å². The van der Waals surface area contributed by atoms with E-state index in [1.54, 1.807) is 6.20 Å². The van der Waals surface area contributed by atoms with Gasteiger partial charge in [0, 0.05) is 12.1 Å². The van der Waals surface area contributed by atoms with Crippen molar-refractivity contribution >= 4 is 36.2 Å². The van der Waals surface area contributed by atoms with Crippen LogP contribution >= 0.6 is 0 Å². The minimum atomic E-state index is -1.20. The number of piperidine rings is 2. The Hall–Kier alpha value is -5.92. The van der Waals surface area contributed by atoms with Crippen molar-refractivity contribution < 1.29 is 29.0 Å². The number of hydrogen-bond acceptors (Lipinski definition) is 7. The van der Waals surface area contributed by atoms with Gasteiger partial charge in [0.15, 0.2) is 0 Å². The molecule has 8 rings (SSSR count). The van der Waals surface area contributed by atoms with Gasteiger partial charge in [0.2, 0.25) is 11.8 Å². The lowest BCUT2D eigenvalue weighted by Gasteiger charge is -2.31. The Labute approximate surface area is 331 Å². The Morgan fingerprint density at radius 3 is 1.51 bits per heavy atom. The molecule has 2 saturated heterocycles. The van der Waals surface area contributed by atoms with Crippen molar-refractivity contribution in [3.63, 3.8) is 0 Å². The van der Waals surface area contributed by atoms with Gasteiger partial charge in [-0.2, -0.15) is 0 Å². The molecule has 0 unspecified atom stereocenters. The first-order valence-electron chi connectivity index (χ1n) is 19.9. The summed E-state index contributed by atoms with van der Waals surface area (Å²) in [6.45, 7) is 7.53. The van der Waals surface area contributed by atoms with E-state index < -0.39 is 24.3 Å². The number of amides is 4. The summed E-state index contributed by atoms with van der Waals surface area (Å²) in [4.78, 5) is 70.8. The maximum absolute atomic E-state index is 13.7. The van der Waals surface area contributed by atoms with E-state index in [-0.39, 0.29) is 47.8 Å². The highest BCUT2D eigenvalue weighted by Crippen LogP contribution is 2.54. The number of rotatable bonds is 12. The fourth-order valence-electron chi connectivity index (χ4n) is 8.75. The maximum atomic E-state index is 13.7. The van der Waals surface area contributed by atoms with Crippen LogP contribution in [0.4, 0.5) is 9.59 Å². The first-order chi connectivity index (χ1) is 27.4. The van der Waals surface area contributed by atoms with E-state index in [0.29, 0.717) is 11.8 Å². The lowest BCUT2D eigenvalue weighted by atomic mass is 10.0. The minimum absolute atomic E-state index is 0.0963. The van der Waals surface area contributed by atoms with Crippen LogP contribution in [0, 0.1) is 23.7 Å². The molecular weight excluding hydrogens is 725 g/mol. The number of methoxy groups -OCH3 is 1. The average molecular weight is 775 g/mol. The molecule has 4 aromatic rings. The first kappa shape index (κ1) is 38.0. The van der Waals surface area contributed by atoms with Crippen molar-refractivity contribution in [3.8, 4) is 22.5 Å². The fraction of sp³-hybridized carbons (Fsp3) is 0.442.